The Morgan fingerprint density at radius 2 is 1.85 bits per heavy atom. The molecule has 1 unspecified atom stereocenters. The number of rotatable bonds is 5. The molecule has 4 N–H and O–H groups in total. The third-order valence-electron chi connectivity index (χ3n) is 4.00. The van der Waals surface area contributed by atoms with E-state index in [1.807, 2.05) is 25.1 Å². The molecule has 0 spiro atoms. The van der Waals surface area contributed by atoms with Crippen molar-refractivity contribution in [3.05, 3.63) is 29.3 Å². The van der Waals surface area contributed by atoms with E-state index in [9.17, 15) is 5.11 Å². The summed E-state index contributed by atoms with van der Waals surface area (Å²) in [5.41, 5.74) is 8.54. The molecule has 1 saturated heterocycles. The van der Waals surface area contributed by atoms with E-state index < -0.39 is 6.10 Å². The number of hydrogen-bond donors (Lipinski definition) is 3. The highest BCUT2D eigenvalue weighted by molar-refractivity contribution is 5.48. The van der Waals surface area contributed by atoms with Crippen LogP contribution in [0.1, 0.15) is 17.2 Å². The largest absolute Gasteiger partial charge is 0.399 e. The summed E-state index contributed by atoms with van der Waals surface area (Å²) < 4.78 is 0. The van der Waals surface area contributed by atoms with E-state index in [0.717, 1.165) is 49.5 Å². The van der Waals surface area contributed by atoms with Gasteiger partial charge in [-0.15, -0.1) is 0 Å². The van der Waals surface area contributed by atoms with Crippen molar-refractivity contribution in [1.82, 2.24) is 9.80 Å². The van der Waals surface area contributed by atoms with Crippen molar-refractivity contribution in [3.63, 3.8) is 0 Å². The minimum Gasteiger partial charge on any atom is -0.399 e. The van der Waals surface area contributed by atoms with E-state index in [1.54, 1.807) is 0 Å². The zero-order valence-corrected chi connectivity index (χ0v) is 12.1. The number of aliphatic hydroxyl groups excluding tert-OH is 2. The van der Waals surface area contributed by atoms with Crippen LogP contribution in [0.5, 0.6) is 0 Å². The zero-order chi connectivity index (χ0) is 14.5. The fourth-order valence-corrected chi connectivity index (χ4v) is 2.55. The van der Waals surface area contributed by atoms with Gasteiger partial charge < -0.3 is 15.9 Å². The first kappa shape index (κ1) is 15.3. The van der Waals surface area contributed by atoms with Crippen LogP contribution in [0.25, 0.3) is 0 Å². The Morgan fingerprint density at radius 1 is 1.20 bits per heavy atom. The highest BCUT2D eigenvalue weighted by atomic mass is 16.3. The summed E-state index contributed by atoms with van der Waals surface area (Å²) in [6, 6.07) is 5.76. The number of aliphatic hydroxyl groups is 2. The first-order valence-corrected chi connectivity index (χ1v) is 7.20. The second-order valence-corrected chi connectivity index (χ2v) is 5.50. The molecule has 1 aromatic carbocycles. The Morgan fingerprint density at radius 3 is 2.45 bits per heavy atom. The maximum Gasteiger partial charge on any atom is 0.0917 e. The van der Waals surface area contributed by atoms with Crippen LogP contribution in [0.15, 0.2) is 18.2 Å². The molecule has 2 rings (SSSR count). The Kier molecular flexibility index (Phi) is 5.37. The van der Waals surface area contributed by atoms with E-state index in [0.29, 0.717) is 6.54 Å². The first-order valence-electron chi connectivity index (χ1n) is 7.20. The molecule has 1 atom stereocenters. The summed E-state index contributed by atoms with van der Waals surface area (Å²) in [5.74, 6) is 0. The third kappa shape index (κ3) is 3.93. The number of piperazine rings is 1. The molecule has 1 fully saturated rings. The monoisotopic (exact) mass is 279 g/mol. The molecular formula is C15H25N3O2. The van der Waals surface area contributed by atoms with E-state index in [4.69, 9.17) is 10.8 Å². The van der Waals surface area contributed by atoms with Crippen molar-refractivity contribution in [3.8, 4) is 0 Å². The van der Waals surface area contributed by atoms with Crippen molar-refractivity contribution in [2.75, 3.05) is 51.6 Å². The van der Waals surface area contributed by atoms with Crippen molar-refractivity contribution < 1.29 is 10.2 Å². The third-order valence-corrected chi connectivity index (χ3v) is 4.00. The van der Waals surface area contributed by atoms with Crippen molar-refractivity contribution in [1.29, 1.82) is 0 Å². The molecule has 5 nitrogen and oxygen atoms in total. The van der Waals surface area contributed by atoms with E-state index >= 15 is 0 Å². The van der Waals surface area contributed by atoms with Crippen LogP contribution >= 0.6 is 0 Å². The van der Waals surface area contributed by atoms with Crippen LogP contribution in [-0.2, 0) is 0 Å². The standard InChI is InChI=1S/C15H25N3O2/c1-12-2-3-13(10-14(12)16)15(20)11-18-6-4-17(5-7-18)8-9-19/h2-3,10,15,19-20H,4-9,11,16H2,1H3. The molecule has 1 aromatic rings. The highest BCUT2D eigenvalue weighted by Gasteiger charge is 2.19. The maximum absolute atomic E-state index is 10.3. The normalized spacial score (nSPS) is 19.1. The average molecular weight is 279 g/mol. The molecule has 5 heteroatoms. The molecule has 0 aliphatic carbocycles. The van der Waals surface area contributed by atoms with Gasteiger partial charge in [0, 0.05) is 45.0 Å². The van der Waals surface area contributed by atoms with E-state index in [-0.39, 0.29) is 6.61 Å². The number of nitrogens with two attached hydrogens (primary N) is 1. The number of benzene rings is 1. The molecule has 0 aromatic heterocycles. The summed E-state index contributed by atoms with van der Waals surface area (Å²) in [5, 5.41) is 19.2. The summed E-state index contributed by atoms with van der Waals surface area (Å²) in [6.45, 7) is 7.31. The van der Waals surface area contributed by atoms with Gasteiger partial charge >= 0.3 is 0 Å². The lowest BCUT2D eigenvalue weighted by Crippen LogP contribution is -2.48. The molecule has 1 heterocycles. The van der Waals surface area contributed by atoms with Gasteiger partial charge in [0.1, 0.15) is 0 Å². The lowest BCUT2D eigenvalue weighted by molar-refractivity contribution is 0.0661. The van der Waals surface area contributed by atoms with Gasteiger partial charge in [-0.05, 0) is 24.1 Å². The maximum atomic E-state index is 10.3. The number of hydrogen-bond acceptors (Lipinski definition) is 5. The predicted octanol–water partition coefficient (Wildman–Crippen LogP) is 0.221. The molecule has 1 aliphatic rings. The zero-order valence-electron chi connectivity index (χ0n) is 12.1. The summed E-state index contributed by atoms with van der Waals surface area (Å²) in [6.07, 6.45) is -0.498. The molecule has 0 bridgehead atoms. The van der Waals surface area contributed by atoms with E-state index in [2.05, 4.69) is 9.80 Å². The molecule has 0 saturated carbocycles. The molecule has 20 heavy (non-hydrogen) atoms. The van der Waals surface area contributed by atoms with Gasteiger partial charge in [-0.1, -0.05) is 12.1 Å². The van der Waals surface area contributed by atoms with Crippen molar-refractivity contribution >= 4 is 5.69 Å². The summed E-state index contributed by atoms with van der Waals surface area (Å²) in [7, 11) is 0. The van der Waals surface area contributed by atoms with Gasteiger partial charge in [0.25, 0.3) is 0 Å². The smallest absolute Gasteiger partial charge is 0.0917 e. The topological polar surface area (TPSA) is 73.0 Å². The van der Waals surface area contributed by atoms with Gasteiger partial charge in [-0.3, -0.25) is 9.80 Å². The minimum absolute atomic E-state index is 0.214. The Balaban J connectivity index is 1.85. The van der Waals surface area contributed by atoms with Gasteiger partial charge in [-0.2, -0.15) is 0 Å². The lowest BCUT2D eigenvalue weighted by atomic mass is 10.0. The number of nitrogen functional groups attached to an aromatic ring is 1. The van der Waals surface area contributed by atoms with Gasteiger partial charge in [0.2, 0.25) is 0 Å². The molecule has 0 amide bonds. The molecule has 0 radical (unpaired) electrons. The quantitative estimate of drug-likeness (QED) is 0.673. The van der Waals surface area contributed by atoms with Crippen LogP contribution in [0.3, 0.4) is 0 Å². The Bertz CT molecular complexity index is 431. The van der Waals surface area contributed by atoms with Crippen LogP contribution in [0, 0.1) is 6.92 Å². The fourth-order valence-electron chi connectivity index (χ4n) is 2.55. The van der Waals surface area contributed by atoms with Crippen LogP contribution in [0.4, 0.5) is 5.69 Å². The number of nitrogens with zero attached hydrogens (tertiary/aromatic N) is 2. The van der Waals surface area contributed by atoms with Crippen LogP contribution < -0.4 is 5.73 Å². The molecule has 112 valence electrons. The van der Waals surface area contributed by atoms with Gasteiger partial charge in [0.05, 0.1) is 12.7 Å². The average Bonchev–Trinajstić information content (AvgIpc) is 2.44. The highest BCUT2D eigenvalue weighted by Crippen LogP contribution is 2.20. The fraction of sp³-hybridized carbons (Fsp3) is 0.600. The predicted molar refractivity (Wildman–Crippen MR) is 80.5 cm³/mol. The molecule has 1 aliphatic heterocycles. The van der Waals surface area contributed by atoms with Gasteiger partial charge in [-0.25, -0.2) is 0 Å². The summed E-state index contributed by atoms with van der Waals surface area (Å²) in [4.78, 5) is 4.50. The van der Waals surface area contributed by atoms with Crippen LogP contribution in [0.2, 0.25) is 0 Å². The second kappa shape index (κ2) is 7.04. The summed E-state index contributed by atoms with van der Waals surface area (Å²) >= 11 is 0. The van der Waals surface area contributed by atoms with Crippen molar-refractivity contribution in [2.45, 2.75) is 13.0 Å². The van der Waals surface area contributed by atoms with Crippen LogP contribution in [-0.4, -0.2) is 65.9 Å². The van der Waals surface area contributed by atoms with Crippen molar-refractivity contribution in [2.24, 2.45) is 0 Å². The minimum atomic E-state index is -0.498. The number of anilines is 1. The Hall–Kier alpha value is -1.14. The first-order chi connectivity index (χ1) is 9.60. The van der Waals surface area contributed by atoms with Gasteiger partial charge in [0.15, 0.2) is 0 Å². The second-order valence-electron chi connectivity index (χ2n) is 5.50. The Labute approximate surface area is 120 Å². The SMILES string of the molecule is Cc1ccc(C(O)CN2CCN(CCO)CC2)cc1N. The van der Waals surface area contributed by atoms with E-state index in [1.165, 1.54) is 0 Å². The number of aryl methyl sites for hydroxylation is 1. The molecular weight excluding hydrogens is 254 g/mol. The lowest BCUT2D eigenvalue weighted by Gasteiger charge is -2.35. The number of β-amino-alcohol motifs (C(OH)–C–C–N with tert-alkyl or cyclic N) is 2.